The minimum Gasteiger partial charge on any atom is -0.353 e. The Hall–Kier alpha value is -0.620. The molecule has 2 nitrogen and oxygen atoms in total. The van der Waals surface area contributed by atoms with Gasteiger partial charge in [0.05, 0.1) is 0 Å². The van der Waals surface area contributed by atoms with Crippen molar-refractivity contribution in [2.45, 2.75) is 25.5 Å². The fourth-order valence-corrected chi connectivity index (χ4v) is 1.80. The normalized spacial score (nSPS) is 12.0. The lowest BCUT2D eigenvalue weighted by molar-refractivity contribution is -0.0328. The van der Waals surface area contributed by atoms with Crippen LogP contribution < -0.4 is 5.32 Å². The number of hydrogen-bond donors (Lipinski definition) is 1. The molecule has 0 bridgehead atoms. The SMILES string of the molecule is CCNCc1ccn(CCSC(F)(F)F)c1. The molecular weight excluding hydrogens is 237 g/mol. The maximum atomic E-state index is 11.9. The molecule has 92 valence electrons. The molecule has 0 fully saturated rings. The standard InChI is InChI=1S/C10H15F3N2S/c1-2-14-7-9-3-4-15(8-9)5-6-16-10(11,12)13/h3-4,8,14H,2,5-7H2,1H3. The van der Waals surface area contributed by atoms with Crippen LogP contribution in [0.1, 0.15) is 12.5 Å². The van der Waals surface area contributed by atoms with E-state index in [-0.39, 0.29) is 17.5 Å². The first kappa shape index (κ1) is 13.4. The van der Waals surface area contributed by atoms with Crippen molar-refractivity contribution in [3.05, 3.63) is 24.0 Å². The summed E-state index contributed by atoms with van der Waals surface area (Å²) in [5.74, 6) is 0.0544. The van der Waals surface area contributed by atoms with Gasteiger partial charge in [0.2, 0.25) is 0 Å². The van der Waals surface area contributed by atoms with Gasteiger partial charge in [-0.25, -0.2) is 0 Å². The van der Waals surface area contributed by atoms with Crippen molar-refractivity contribution < 1.29 is 13.2 Å². The number of rotatable bonds is 6. The minimum atomic E-state index is -4.13. The number of halogens is 3. The van der Waals surface area contributed by atoms with Crippen LogP contribution in [0.25, 0.3) is 0 Å². The van der Waals surface area contributed by atoms with Crippen LogP contribution in [-0.4, -0.2) is 22.4 Å². The Balaban J connectivity index is 2.29. The van der Waals surface area contributed by atoms with E-state index in [0.29, 0.717) is 6.54 Å². The van der Waals surface area contributed by atoms with E-state index in [2.05, 4.69) is 5.32 Å². The summed E-state index contributed by atoms with van der Waals surface area (Å²) >= 11 is 0.0191. The molecule has 6 heteroatoms. The molecule has 0 spiro atoms. The molecule has 0 amide bonds. The highest BCUT2D eigenvalue weighted by Gasteiger charge is 2.27. The second-order valence-corrected chi connectivity index (χ2v) is 4.49. The lowest BCUT2D eigenvalue weighted by Gasteiger charge is -2.05. The number of nitrogens with one attached hydrogen (secondary N) is 1. The van der Waals surface area contributed by atoms with Gasteiger partial charge in [0.15, 0.2) is 0 Å². The number of aryl methyl sites for hydroxylation is 1. The van der Waals surface area contributed by atoms with Crippen molar-refractivity contribution in [1.29, 1.82) is 0 Å². The summed E-state index contributed by atoms with van der Waals surface area (Å²) in [7, 11) is 0. The van der Waals surface area contributed by atoms with E-state index in [1.165, 1.54) is 0 Å². The van der Waals surface area contributed by atoms with Crippen LogP contribution in [0.2, 0.25) is 0 Å². The third-order valence-electron chi connectivity index (χ3n) is 2.01. The van der Waals surface area contributed by atoms with E-state index >= 15 is 0 Å². The zero-order chi connectivity index (χ0) is 12.0. The van der Waals surface area contributed by atoms with Gasteiger partial charge in [0, 0.05) is 31.2 Å². The van der Waals surface area contributed by atoms with Crippen molar-refractivity contribution in [3.63, 3.8) is 0 Å². The predicted molar refractivity (Wildman–Crippen MR) is 60.3 cm³/mol. The molecule has 0 radical (unpaired) electrons. The molecule has 0 aliphatic rings. The summed E-state index contributed by atoms with van der Waals surface area (Å²) in [6.45, 7) is 4.04. The van der Waals surface area contributed by atoms with Gasteiger partial charge in [-0.15, -0.1) is 0 Å². The third kappa shape index (κ3) is 5.46. The lowest BCUT2D eigenvalue weighted by Crippen LogP contribution is -2.11. The van der Waals surface area contributed by atoms with E-state index in [1.807, 2.05) is 25.4 Å². The monoisotopic (exact) mass is 252 g/mol. The Morgan fingerprint density at radius 3 is 2.81 bits per heavy atom. The van der Waals surface area contributed by atoms with Gasteiger partial charge in [0.25, 0.3) is 0 Å². The average molecular weight is 252 g/mol. The molecule has 0 saturated heterocycles. The molecule has 0 saturated carbocycles. The second-order valence-electron chi connectivity index (χ2n) is 3.33. The van der Waals surface area contributed by atoms with Crippen LogP contribution in [0.3, 0.4) is 0 Å². The highest BCUT2D eigenvalue weighted by molar-refractivity contribution is 8.00. The molecular formula is C10H15F3N2S. The molecule has 1 aromatic rings. The third-order valence-corrected chi connectivity index (χ3v) is 2.72. The molecule has 1 N–H and O–H groups in total. The van der Waals surface area contributed by atoms with Crippen molar-refractivity contribution in [2.75, 3.05) is 12.3 Å². The molecule has 1 aromatic heterocycles. The van der Waals surface area contributed by atoms with Crippen LogP contribution in [0.4, 0.5) is 13.2 Å². The van der Waals surface area contributed by atoms with E-state index < -0.39 is 5.51 Å². The van der Waals surface area contributed by atoms with Crippen molar-refractivity contribution in [2.24, 2.45) is 0 Å². The Morgan fingerprint density at radius 1 is 1.44 bits per heavy atom. The van der Waals surface area contributed by atoms with Gasteiger partial charge in [-0.05, 0) is 29.9 Å². The summed E-state index contributed by atoms with van der Waals surface area (Å²) in [6.07, 6.45) is 3.68. The van der Waals surface area contributed by atoms with Gasteiger partial charge in [-0.2, -0.15) is 13.2 Å². The largest absolute Gasteiger partial charge is 0.441 e. The first-order valence-electron chi connectivity index (χ1n) is 5.07. The summed E-state index contributed by atoms with van der Waals surface area (Å²) in [5, 5.41) is 3.16. The van der Waals surface area contributed by atoms with Gasteiger partial charge in [-0.1, -0.05) is 6.92 Å². The predicted octanol–water partition coefficient (Wildman–Crippen LogP) is 2.85. The fourth-order valence-electron chi connectivity index (χ4n) is 1.27. The number of aromatic nitrogens is 1. The van der Waals surface area contributed by atoms with Gasteiger partial charge >= 0.3 is 5.51 Å². The Labute approximate surface area is 97.2 Å². The zero-order valence-corrected chi connectivity index (χ0v) is 9.87. The molecule has 0 unspecified atom stereocenters. The van der Waals surface area contributed by atoms with Gasteiger partial charge in [0.1, 0.15) is 0 Å². The van der Waals surface area contributed by atoms with Crippen molar-refractivity contribution in [1.82, 2.24) is 9.88 Å². The highest BCUT2D eigenvalue weighted by Crippen LogP contribution is 2.29. The van der Waals surface area contributed by atoms with Crippen LogP contribution in [0, 0.1) is 0 Å². The van der Waals surface area contributed by atoms with E-state index in [0.717, 1.165) is 18.7 Å². The summed E-state index contributed by atoms with van der Waals surface area (Å²) in [5.41, 5.74) is -3.03. The Bertz CT molecular complexity index is 309. The number of alkyl halides is 3. The van der Waals surface area contributed by atoms with Crippen molar-refractivity contribution in [3.8, 4) is 0 Å². The Morgan fingerprint density at radius 2 is 2.19 bits per heavy atom. The molecule has 0 atom stereocenters. The molecule has 0 aliphatic heterocycles. The number of hydrogen-bond acceptors (Lipinski definition) is 2. The molecule has 1 heterocycles. The first-order valence-corrected chi connectivity index (χ1v) is 6.06. The maximum Gasteiger partial charge on any atom is 0.441 e. The fraction of sp³-hybridized carbons (Fsp3) is 0.600. The molecule has 0 aliphatic carbocycles. The first-order chi connectivity index (χ1) is 7.51. The topological polar surface area (TPSA) is 17.0 Å². The van der Waals surface area contributed by atoms with Gasteiger partial charge < -0.3 is 9.88 Å². The number of nitrogens with zero attached hydrogens (tertiary/aromatic N) is 1. The maximum absolute atomic E-state index is 11.9. The van der Waals surface area contributed by atoms with E-state index in [4.69, 9.17) is 0 Å². The molecule has 0 aromatic carbocycles. The number of thioether (sulfide) groups is 1. The van der Waals surface area contributed by atoms with Crippen LogP contribution >= 0.6 is 11.8 Å². The van der Waals surface area contributed by atoms with Crippen LogP contribution in [0.15, 0.2) is 18.5 Å². The summed E-state index contributed by atoms with van der Waals surface area (Å²) in [6, 6.07) is 1.92. The van der Waals surface area contributed by atoms with Crippen molar-refractivity contribution >= 4 is 11.8 Å². The summed E-state index contributed by atoms with van der Waals surface area (Å²) < 4.78 is 37.4. The Kier molecular flexibility index (Phi) is 5.21. The zero-order valence-electron chi connectivity index (χ0n) is 9.05. The van der Waals surface area contributed by atoms with Gasteiger partial charge in [-0.3, -0.25) is 0 Å². The van der Waals surface area contributed by atoms with Crippen LogP contribution in [-0.2, 0) is 13.1 Å². The molecule has 16 heavy (non-hydrogen) atoms. The van der Waals surface area contributed by atoms with E-state index in [1.54, 1.807) is 4.57 Å². The van der Waals surface area contributed by atoms with E-state index in [9.17, 15) is 13.2 Å². The smallest absolute Gasteiger partial charge is 0.353 e. The van der Waals surface area contributed by atoms with Crippen LogP contribution in [0.5, 0.6) is 0 Å². The molecule has 1 rings (SSSR count). The summed E-state index contributed by atoms with van der Waals surface area (Å²) in [4.78, 5) is 0. The minimum absolute atomic E-state index is 0.0191. The quantitative estimate of drug-likeness (QED) is 0.838. The highest BCUT2D eigenvalue weighted by atomic mass is 32.2. The lowest BCUT2D eigenvalue weighted by atomic mass is 10.3. The second kappa shape index (κ2) is 6.20. The average Bonchev–Trinajstić information content (AvgIpc) is 2.61.